The van der Waals surface area contributed by atoms with E-state index in [1.807, 2.05) is 30.5 Å². The van der Waals surface area contributed by atoms with Gasteiger partial charge in [-0.15, -0.1) is 6.58 Å². The summed E-state index contributed by atoms with van der Waals surface area (Å²) >= 11 is 0. The molecule has 2 N–H and O–H groups in total. The molecule has 3 rings (SSSR count). The fourth-order valence-electron chi connectivity index (χ4n) is 3.38. The van der Waals surface area contributed by atoms with E-state index in [9.17, 15) is 9.59 Å². The molecular formula is C20H24N4O2. The Morgan fingerprint density at radius 2 is 1.92 bits per heavy atom. The Morgan fingerprint density at radius 3 is 2.62 bits per heavy atom. The summed E-state index contributed by atoms with van der Waals surface area (Å²) < 4.78 is 1.87. The number of fused-ring (bicyclic) bond motifs is 1. The normalized spacial score (nSPS) is 13.0. The molecule has 0 bridgehead atoms. The molecule has 2 aromatic rings. The summed E-state index contributed by atoms with van der Waals surface area (Å²) in [5.74, 6) is -0.256. The van der Waals surface area contributed by atoms with E-state index in [1.165, 1.54) is 0 Å². The third-order valence-corrected chi connectivity index (χ3v) is 4.42. The first kappa shape index (κ1) is 17.9. The van der Waals surface area contributed by atoms with E-state index in [4.69, 9.17) is 0 Å². The van der Waals surface area contributed by atoms with Crippen molar-refractivity contribution in [3.8, 4) is 0 Å². The largest absolute Gasteiger partial charge is 0.346 e. The molecule has 0 atom stereocenters. The van der Waals surface area contributed by atoms with Gasteiger partial charge in [-0.25, -0.2) is 4.98 Å². The van der Waals surface area contributed by atoms with Crippen molar-refractivity contribution in [2.24, 2.45) is 0 Å². The predicted octanol–water partition coefficient (Wildman–Crippen LogP) is 3.00. The lowest BCUT2D eigenvalue weighted by atomic mass is 10.1. The van der Waals surface area contributed by atoms with Gasteiger partial charge in [-0.2, -0.15) is 0 Å². The van der Waals surface area contributed by atoms with Crippen LogP contribution in [0.4, 0.5) is 5.69 Å². The number of nitrogens with one attached hydrogen (secondary N) is 2. The second-order valence-electron chi connectivity index (χ2n) is 6.67. The molecule has 0 aliphatic carbocycles. The van der Waals surface area contributed by atoms with E-state index in [2.05, 4.69) is 28.3 Å². The highest BCUT2D eigenvalue weighted by molar-refractivity contribution is 6.05. The van der Waals surface area contributed by atoms with Crippen LogP contribution in [0.1, 0.15) is 50.8 Å². The van der Waals surface area contributed by atoms with Gasteiger partial charge in [0.15, 0.2) is 11.5 Å². The third kappa shape index (κ3) is 3.69. The van der Waals surface area contributed by atoms with Crippen molar-refractivity contribution < 1.29 is 9.59 Å². The van der Waals surface area contributed by atoms with Gasteiger partial charge < -0.3 is 15.2 Å². The topological polar surface area (TPSA) is 76.0 Å². The molecule has 0 saturated heterocycles. The van der Waals surface area contributed by atoms with Gasteiger partial charge in [-0.1, -0.05) is 12.1 Å². The molecule has 6 nitrogen and oxygen atoms in total. The highest BCUT2D eigenvalue weighted by atomic mass is 16.2. The SMILES string of the molecule is C=CCNC(=O)c1nc(C(=O)Nc2cc(C)cc(C)c2)c2n1CCCC2. The second-order valence-corrected chi connectivity index (χ2v) is 6.67. The summed E-state index contributed by atoms with van der Waals surface area (Å²) in [7, 11) is 0. The molecule has 0 saturated carbocycles. The highest BCUT2D eigenvalue weighted by Crippen LogP contribution is 2.23. The van der Waals surface area contributed by atoms with Gasteiger partial charge in [0.2, 0.25) is 0 Å². The van der Waals surface area contributed by atoms with Crippen LogP contribution in [-0.2, 0) is 13.0 Å². The first-order valence-corrected chi connectivity index (χ1v) is 8.87. The molecule has 0 unspecified atom stereocenters. The summed E-state index contributed by atoms with van der Waals surface area (Å²) in [4.78, 5) is 29.6. The summed E-state index contributed by atoms with van der Waals surface area (Å²) in [6, 6.07) is 5.90. The summed E-state index contributed by atoms with van der Waals surface area (Å²) in [6.07, 6.45) is 4.33. The summed E-state index contributed by atoms with van der Waals surface area (Å²) in [6.45, 7) is 8.65. The number of carbonyl (C=O) groups is 2. The molecule has 1 aliphatic heterocycles. The van der Waals surface area contributed by atoms with Crippen molar-refractivity contribution in [2.45, 2.75) is 39.7 Å². The van der Waals surface area contributed by atoms with Crippen LogP contribution < -0.4 is 10.6 Å². The number of imidazole rings is 1. The standard InChI is InChI=1S/C20H24N4O2/c1-4-8-21-20(26)18-23-17(16-7-5-6-9-24(16)18)19(25)22-15-11-13(2)10-14(3)12-15/h4,10-12H,1,5-9H2,2-3H3,(H,21,26)(H,22,25). The van der Waals surface area contributed by atoms with Crippen molar-refractivity contribution in [3.05, 3.63) is 59.2 Å². The lowest BCUT2D eigenvalue weighted by Gasteiger charge is -2.17. The maximum Gasteiger partial charge on any atom is 0.287 e. The van der Waals surface area contributed by atoms with Gasteiger partial charge in [0.1, 0.15) is 0 Å². The second kappa shape index (κ2) is 7.56. The Morgan fingerprint density at radius 1 is 1.19 bits per heavy atom. The van der Waals surface area contributed by atoms with Gasteiger partial charge in [0, 0.05) is 18.8 Å². The smallest absolute Gasteiger partial charge is 0.287 e. The Labute approximate surface area is 153 Å². The van der Waals surface area contributed by atoms with Crippen LogP contribution in [0.15, 0.2) is 30.9 Å². The maximum atomic E-state index is 12.8. The lowest BCUT2D eigenvalue weighted by Crippen LogP contribution is -2.28. The quantitative estimate of drug-likeness (QED) is 0.812. The minimum absolute atomic E-state index is 0.275. The van der Waals surface area contributed by atoms with Crippen LogP contribution in [0.2, 0.25) is 0 Å². The first-order valence-electron chi connectivity index (χ1n) is 8.87. The van der Waals surface area contributed by atoms with Crippen molar-refractivity contribution in [2.75, 3.05) is 11.9 Å². The van der Waals surface area contributed by atoms with E-state index in [-0.39, 0.29) is 11.8 Å². The molecule has 2 heterocycles. The number of benzene rings is 1. The summed E-state index contributed by atoms with van der Waals surface area (Å²) in [5, 5.41) is 5.67. The number of aromatic nitrogens is 2. The van der Waals surface area contributed by atoms with E-state index in [0.717, 1.165) is 41.8 Å². The fourth-order valence-corrected chi connectivity index (χ4v) is 3.38. The van der Waals surface area contributed by atoms with Crippen molar-refractivity contribution >= 4 is 17.5 Å². The number of anilines is 1. The van der Waals surface area contributed by atoms with Crippen LogP contribution in [0.5, 0.6) is 0 Å². The molecule has 0 spiro atoms. The molecule has 1 aliphatic rings. The monoisotopic (exact) mass is 352 g/mol. The Kier molecular flexibility index (Phi) is 5.21. The Hall–Kier alpha value is -2.89. The van der Waals surface area contributed by atoms with Crippen LogP contribution in [0.3, 0.4) is 0 Å². The Bertz CT molecular complexity index is 847. The van der Waals surface area contributed by atoms with Gasteiger partial charge in [-0.05, 0) is 56.4 Å². The maximum absolute atomic E-state index is 12.8. The van der Waals surface area contributed by atoms with Crippen LogP contribution >= 0.6 is 0 Å². The van der Waals surface area contributed by atoms with E-state index >= 15 is 0 Å². The number of hydrogen-bond acceptors (Lipinski definition) is 3. The lowest BCUT2D eigenvalue weighted by molar-refractivity contribution is 0.0942. The van der Waals surface area contributed by atoms with Gasteiger partial charge in [-0.3, -0.25) is 9.59 Å². The number of aryl methyl sites for hydroxylation is 2. The van der Waals surface area contributed by atoms with E-state index < -0.39 is 0 Å². The predicted molar refractivity (Wildman–Crippen MR) is 102 cm³/mol. The summed E-state index contributed by atoms with van der Waals surface area (Å²) in [5.41, 5.74) is 4.07. The molecule has 6 heteroatoms. The average molecular weight is 352 g/mol. The zero-order valence-electron chi connectivity index (χ0n) is 15.3. The minimum atomic E-state index is -0.279. The molecule has 1 aromatic carbocycles. The molecule has 0 radical (unpaired) electrons. The molecule has 1 aromatic heterocycles. The van der Waals surface area contributed by atoms with Crippen LogP contribution in [-0.4, -0.2) is 27.9 Å². The molecule has 2 amide bonds. The number of hydrogen-bond donors (Lipinski definition) is 2. The van der Waals surface area contributed by atoms with Gasteiger partial charge in [0.25, 0.3) is 11.8 Å². The average Bonchev–Trinajstić information content (AvgIpc) is 2.98. The van der Waals surface area contributed by atoms with E-state index in [1.54, 1.807) is 6.08 Å². The number of carbonyl (C=O) groups excluding carboxylic acids is 2. The van der Waals surface area contributed by atoms with Crippen LogP contribution in [0.25, 0.3) is 0 Å². The van der Waals surface area contributed by atoms with E-state index in [0.29, 0.717) is 24.6 Å². The zero-order valence-corrected chi connectivity index (χ0v) is 15.3. The van der Waals surface area contributed by atoms with Crippen molar-refractivity contribution in [1.29, 1.82) is 0 Å². The molecular weight excluding hydrogens is 328 g/mol. The number of nitrogens with zero attached hydrogens (tertiary/aromatic N) is 2. The highest BCUT2D eigenvalue weighted by Gasteiger charge is 2.27. The molecule has 26 heavy (non-hydrogen) atoms. The first-order chi connectivity index (χ1) is 12.5. The van der Waals surface area contributed by atoms with Crippen molar-refractivity contribution in [1.82, 2.24) is 14.9 Å². The fraction of sp³-hybridized carbons (Fsp3) is 0.350. The van der Waals surface area contributed by atoms with Gasteiger partial charge in [0.05, 0.1) is 5.69 Å². The number of amides is 2. The number of rotatable bonds is 5. The molecule has 136 valence electrons. The van der Waals surface area contributed by atoms with Gasteiger partial charge >= 0.3 is 0 Å². The van der Waals surface area contributed by atoms with Crippen LogP contribution in [0, 0.1) is 13.8 Å². The minimum Gasteiger partial charge on any atom is -0.346 e. The molecule has 0 fully saturated rings. The van der Waals surface area contributed by atoms with Crippen molar-refractivity contribution in [3.63, 3.8) is 0 Å². The zero-order chi connectivity index (χ0) is 18.7. The Balaban J connectivity index is 1.91. The third-order valence-electron chi connectivity index (χ3n) is 4.42.